The highest BCUT2D eigenvalue weighted by atomic mass is 16.3. The van der Waals surface area contributed by atoms with Crippen LogP contribution in [0.5, 0.6) is 0 Å². The van der Waals surface area contributed by atoms with E-state index in [1.54, 1.807) is 0 Å². The molecule has 0 aliphatic heterocycles. The van der Waals surface area contributed by atoms with Crippen molar-refractivity contribution in [3.63, 3.8) is 0 Å². The first-order valence-electron chi connectivity index (χ1n) is 15.7. The van der Waals surface area contributed by atoms with Gasteiger partial charge in [-0.1, -0.05) is 121 Å². The molecule has 2 aromatic heterocycles. The second-order valence-corrected chi connectivity index (χ2v) is 12.2. The molecule has 5 aromatic carbocycles. The Morgan fingerprint density at radius 3 is 2.24 bits per heavy atom. The van der Waals surface area contributed by atoms with E-state index >= 15 is 0 Å². The summed E-state index contributed by atoms with van der Waals surface area (Å²) in [5.74, 6) is 2.64. The summed E-state index contributed by atoms with van der Waals surface area (Å²) in [5, 5.41) is 6.22. The van der Waals surface area contributed by atoms with E-state index in [9.17, 15) is 0 Å². The second-order valence-electron chi connectivity index (χ2n) is 12.2. The van der Waals surface area contributed by atoms with Crippen molar-refractivity contribution in [2.45, 2.75) is 12.8 Å². The summed E-state index contributed by atoms with van der Waals surface area (Å²) in [5.41, 5.74) is 6.96. The molecule has 3 heteroatoms. The van der Waals surface area contributed by atoms with Crippen molar-refractivity contribution in [1.82, 2.24) is 9.97 Å². The quantitative estimate of drug-likeness (QED) is 0.209. The van der Waals surface area contributed by atoms with E-state index in [1.807, 2.05) is 6.07 Å². The summed E-state index contributed by atoms with van der Waals surface area (Å²) >= 11 is 0. The van der Waals surface area contributed by atoms with E-state index in [1.165, 1.54) is 26.8 Å². The molecule has 0 radical (unpaired) electrons. The highest BCUT2D eigenvalue weighted by Gasteiger charge is 2.26. The fraction of sp³-hybridized carbons (Fsp3) is 0.0952. The maximum Gasteiger partial charge on any atom is 0.160 e. The lowest BCUT2D eigenvalue weighted by atomic mass is 9.80. The van der Waals surface area contributed by atoms with Crippen LogP contribution in [-0.2, 0) is 6.42 Å². The van der Waals surface area contributed by atoms with E-state index in [0.29, 0.717) is 17.7 Å². The molecule has 2 heterocycles. The van der Waals surface area contributed by atoms with Crippen LogP contribution in [0, 0.1) is 11.8 Å². The molecule has 0 fully saturated rings. The average Bonchev–Trinajstić information content (AvgIpc) is 3.48. The molecule has 0 saturated heterocycles. The minimum absolute atomic E-state index is 0.414. The second kappa shape index (κ2) is 10.6. The Morgan fingerprint density at radius 1 is 0.600 bits per heavy atom. The summed E-state index contributed by atoms with van der Waals surface area (Å²) in [6.07, 6.45) is 11.4. The minimum Gasteiger partial charge on any atom is -0.460 e. The van der Waals surface area contributed by atoms with Crippen LogP contribution < -0.4 is 10.4 Å². The molecule has 0 amide bonds. The summed E-state index contributed by atoms with van der Waals surface area (Å²) in [4.78, 5) is 10.2. The summed E-state index contributed by atoms with van der Waals surface area (Å²) < 4.78 is 6.59. The van der Waals surface area contributed by atoms with Crippen LogP contribution in [0.15, 0.2) is 132 Å². The lowest BCUT2D eigenvalue weighted by Gasteiger charge is -2.24. The van der Waals surface area contributed by atoms with Gasteiger partial charge in [-0.3, -0.25) is 0 Å². The first-order chi connectivity index (χ1) is 22.2. The molecule has 45 heavy (non-hydrogen) atoms. The number of nitrogens with zero attached hydrogens (tertiary/aromatic N) is 2. The van der Waals surface area contributed by atoms with Gasteiger partial charge < -0.3 is 4.42 Å². The Hall–Kier alpha value is -5.54. The molecule has 0 bridgehead atoms. The lowest BCUT2D eigenvalue weighted by Crippen LogP contribution is -2.31. The molecule has 9 rings (SSSR count). The molecule has 2 unspecified atom stereocenters. The van der Waals surface area contributed by atoms with Gasteiger partial charge in [0.15, 0.2) is 5.82 Å². The maximum atomic E-state index is 6.59. The average molecular weight is 579 g/mol. The van der Waals surface area contributed by atoms with E-state index in [2.05, 4.69) is 140 Å². The third-order valence-electron chi connectivity index (χ3n) is 9.39. The van der Waals surface area contributed by atoms with Crippen molar-refractivity contribution in [1.29, 1.82) is 0 Å². The van der Waals surface area contributed by atoms with Crippen LogP contribution in [0.3, 0.4) is 0 Å². The molecular weight excluding hydrogens is 548 g/mol. The lowest BCUT2D eigenvalue weighted by molar-refractivity contribution is 0.442. The Kier molecular flexibility index (Phi) is 6.09. The van der Waals surface area contributed by atoms with Gasteiger partial charge in [0.2, 0.25) is 0 Å². The van der Waals surface area contributed by atoms with Gasteiger partial charge in [0.25, 0.3) is 0 Å². The van der Waals surface area contributed by atoms with E-state index in [0.717, 1.165) is 57.6 Å². The van der Waals surface area contributed by atoms with Gasteiger partial charge in [-0.25, -0.2) is 9.97 Å². The van der Waals surface area contributed by atoms with Crippen LogP contribution in [-0.4, -0.2) is 9.97 Å². The fourth-order valence-corrected chi connectivity index (χ4v) is 6.98. The first-order valence-corrected chi connectivity index (χ1v) is 15.7. The van der Waals surface area contributed by atoms with Gasteiger partial charge in [0.1, 0.15) is 11.3 Å². The van der Waals surface area contributed by atoms with Crippen molar-refractivity contribution >= 4 is 40.0 Å². The SMILES string of the molecule is C1=CC(C2C=c3ccccc3=CC2)Cc2oc3cc(-c4nc(-c5ccccc5)cc(-c5ccc6ccccc6c5)n4)ccc3c21. The number of aromatic nitrogens is 2. The molecule has 0 N–H and O–H groups in total. The number of benzene rings is 5. The maximum absolute atomic E-state index is 6.59. The molecule has 0 saturated carbocycles. The number of rotatable bonds is 4. The molecule has 214 valence electrons. The normalized spacial score (nSPS) is 17.0. The minimum atomic E-state index is 0.414. The van der Waals surface area contributed by atoms with Gasteiger partial charge in [0, 0.05) is 34.1 Å². The molecule has 2 aliphatic carbocycles. The van der Waals surface area contributed by atoms with E-state index < -0.39 is 0 Å². The highest BCUT2D eigenvalue weighted by Crippen LogP contribution is 2.38. The number of allylic oxidation sites excluding steroid dienone is 1. The monoisotopic (exact) mass is 578 g/mol. The zero-order chi connectivity index (χ0) is 29.7. The predicted octanol–water partition coefficient (Wildman–Crippen LogP) is 8.84. The molecule has 0 spiro atoms. The third-order valence-corrected chi connectivity index (χ3v) is 9.39. The van der Waals surface area contributed by atoms with Gasteiger partial charge in [-0.15, -0.1) is 0 Å². The van der Waals surface area contributed by atoms with Crippen LogP contribution in [0.25, 0.3) is 73.9 Å². The van der Waals surface area contributed by atoms with Gasteiger partial charge in [-0.05, 0) is 63.7 Å². The third kappa shape index (κ3) is 4.69. The van der Waals surface area contributed by atoms with Crippen molar-refractivity contribution in [2.75, 3.05) is 0 Å². The molecule has 2 aliphatic rings. The zero-order valence-corrected chi connectivity index (χ0v) is 24.7. The Bertz CT molecular complexity index is 2400. The van der Waals surface area contributed by atoms with Crippen molar-refractivity contribution < 1.29 is 4.42 Å². The Morgan fingerprint density at radius 2 is 1.36 bits per heavy atom. The smallest absolute Gasteiger partial charge is 0.160 e. The number of furan rings is 1. The highest BCUT2D eigenvalue weighted by molar-refractivity contribution is 5.92. The van der Waals surface area contributed by atoms with Crippen LogP contribution in [0.1, 0.15) is 17.7 Å². The van der Waals surface area contributed by atoms with E-state index in [-0.39, 0.29) is 0 Å². The number of fused-ring (bicyclic) bond motifs is 5. The van der Waals surface area contributed by atoms with Crippen LogP contribution >= 0.6 is 0 Å². The Balaban J connectivity index is 1.10. The first kappa shape index (κ1) is 25.9. The van der Waals surface area contributed by atoms with E-state index in [4.69, 9.17) is 14.4 Å². The number of hydrogen-bond acceptors (Lipinski definition) is 3. The standard InChI is InChI=1S/C42H30N2O/c1-2-10-29(11-3-1)38-26-39(34-17-15-28-9-5-7-13-31(28)23-34)44-42(43-38)35-19-21-37-36-20-18-33(24-40(36)45-41(37)25-35)32-16-14-27-8-4-6-12-30(27)22-32/h1-15,17-23,25-26,32-33H,16,24H2. The summed E-state index contributed by atoms with van der Waals surface area (Å²) in [6.45, 7) is 0. The van der Waals surface area contributed by atoms with Crippen molar-refractivity contribution in [2.24, 2.45) is 11.8 Å². The molecule has 7 aromatic rings. The van der Waals surface area contributed by atoms with Crippen LogP contribution in [0.4, 0.5) is 0 Å². The number of hydrogen-bond donors (Lipinski definition) is 0. The van der Waals surface area contributed by atoms with Crippen molar-refractivity contribution in [3.05, 3.63) is 149 Å². The summed E-state index contributed by atoms with van der Waals surface area (Å²) in [6, 6.07) is 42.5. The predicted molar refractivity (Wildman–Crippen MR) is 185 cm³/mol. The molecule has 2 atom stereocenters. The zero-order valence-electron chi connectivity index (χ0n) is 24.7. The molecular formula is C42H30N2O. The van der Waals surface area contributed by atoms with Gasteiger partial charge in [0.05, 0.1) is 11.4 Å². The van der Waals surface area contributed by atoms with Crippen molar-refractivity contribution in [3.8, 4) is 33.9 Å². The topological polar surface area (TPSA) is 38.9 Å². The van der Waals surface area contributed by atoms with Gasteiger partial charge >= 0.3 is 0 Å². The van der Waals surface area contributed by atoms with Crippen LogP contribution in [0.2, 0.25) is 0 Å². The molecule has 3 nitrogen and oxygen atoms in total. The summed E-state index contributed by atoms with van der Waals surface area (Å²) in [7, 11) is 0. The largest absolute Gasteiger partial charge is 0.460 e. The fourth-order valence-electron chi connectivity index (χ4n) is 6.98. The Labute approximate surface area is 261 Å². The van der Waals surface area contributed by atoms with Gasteiger partial charge in [-0.2, -0.15) is 0 Å².